The van der Waals surface area contributed by atoms with Gasteiger partial charge in [-0.3, -0.25) is 0 Å². The first kappa shape index (κ1) is 7.62. The fourth-order valence-corrected chi connectivity index (χ4v) is 1.18. The summed E-state index contributed by atoms with van der Waals surface area (Å²) >= 11 is 0. The van der Waals surface area contributed by atoms with Crippen molar-refractivity contribution in [2.24, 2.45) is 0 Å². The first-order valence-corrected chi connectivity index (χ1v) is 4.35. The molecule has 2 heteroatoms. The Balaban J connectivity index is 2.06. The van der Waals surface area contributed by atoms with E-state index >= 15 is 0 Å². The minimum absolute atomic E-state index is 0.984. The van der Waals surface area contributed by atoms with Crippen LogP contribution in [-0.4, -0.2) is 18.2 Å². The van der Waals surface area contributed by atoms with Gasteiger partial charge in [0.05, 0.1) is 0 Å². The Bertz CT molecular complexity index is 268. The van der Waals surface area contributed by atoms with E-state index in [9.17, 15) is 0 Å². The standard InChI is InChI=1S/C10H13NO/c1-9-5-2-3-6-10(9)12-11-7-4-8-11/h2-3,5-6H,4,7-8H2,1H3. The van der Waals surface area contributed by atoms with Gasteiger partial charge in [0, 0.05) is 13.1 Å². The monoisotopic (exact) mass is 163 g/mol. The van der Waals surface area contributed by atoms with E-state index in [1.54, 1.807) is 0 Å². The van der Waals surface area contributed by atoms with Crippen LogP contribution in [0.1, 0.15) is 12.0 Å². The lowest BCUT2D eigenvalue weighted by Crippen LogP contribution is -2.39. The second-order valence-corrected chi connectivity index (χ2v) is 3.14. The Morgan fingerprint density at radius 1 is 1.25 bits per heavy atom. The summed E-state index contributed by atoms with van der Waals surface area (Å²) in [6.07, 6.45) is 1.26. The molecule has 0 N–H and O–H groups in total. The van der Waals surface area contributed by atoms with Gasteiger partial charge in [0.1, 0.15) is 5.75 Å². The molecule has 12 heavy (non-hydrogen) atoms. The van der Waals surface area contributed by atoms with E-state index in [0.717, 1.165) is 18.8 Å². The average Bonchev–Trinajstić information content (AvgIpc) is 2.00. The number of hydrogen-bond acceptors (Lipinski definition) is 2. The van der Waals surface area contributed by atoms with Crippen molar-refractivity contribution in [1.29, 1.82) is 0 Å². The molecule has 1 aliphatic heterocycles. The number of hydrogen-bond donors (Lipinski definition) is 0. The van der Waals surface area contributed by atoms with Crippen LogP contribution in [0.25, 0.3) is 0 Å². The van der Waals surface area contributed by atoms with Crippen molar-refractivity contribution >= 4 is 0 Å². The van der Waals surface area contributed by atoms with E-state index in [1.165, 1.54) is 12.0 Å². The number of nitrogens with zero attached hydrogens (tertiary/aromatic N) is 1. The lowest BCUT2D eigenvalue weighted by atomic mass is 10.2. The van der Waals surface area contributed by atoms with Gasteiger partial charge >= 0.3 is 0 Å². The predicted octanol–water partition coefficient (Wildman–Crippen LogP) is 1.99. The fourth-order valence-electron chi connectivity index (χ4n) is 1.18. The maximum absolute atomic E-state index is 5.61. The molecule has 0 unspecified atom stereocenters. The highest BCUT2D eigenvalue weighted by Gasteiger charge is 2.15. The second kappa shape index (κ2) is 3.15. The summed E-state index contributed by atoms with van der Waals surface area (Å²) < 4.78 is 0. The van der Waals surface area contributed by atoms with Gasteiger partial charge in [0.15, 0.2) is 0 Å². The Kier molecular flexibility index (Phi) is 2.00. The predicted molar refractivity (Wildman–Crippen MR) is 48.0 cm³/mol. The molecule has 64 valence electrons. The van der Waals surface area contributed by atoms with Gasteiger partial charge in [-0.1, -0.05) is 18.2 Å². The molecule has 0 amide bonds. The number of benzene rings is 1. The quantitative estimate of drug-likeness (QED) is 0.661. The zero-order chi connectivity index (χ0) is 8.39. The van der Waals surface area contributed by atoms with Crippen LogP contribution >= 0.6 is 0 Å². The molecule has 1 heterocycles. The minimum Gasteiger partial charge on any atom is -0.406 e. The lowest BCUT2D eigenvalue weighted by Gasteiger charge is -2.30. The molecule has 1 aromatic rings. The molecule has 0 atom stereocenters. The Hall–Kier alpha value is -1.02. The van der Waals surface area contributed by atoms with E-state index < -0.39 is 0 Å². The third kappa shape index (κ3) is 1.43. The van der Waals surface area contributed by atoms with Crippen LogP contribution in [0.5, 0.6) is 5.75 Å². The van der Waals surface area contributed by atoms with Gasteiger partial charge in [-0.15, -0.1) is 5.06 Å². The summed E-state index contributed by atoms with van der Waals surface area (Å²) in [7, 11) is 0. The highest BCUT2D eigenvalue weighted by molar-refractivity contribution is 5.31. The van der Waals surface area contributed by atoms with Gasteiger partial charge < -0.3 is 4.84 Å². The number of rotatable bonds is 2. The van der Waals surface area contributed by atoms with E-state index in [-0.39, 0.29) is 0 Å². The van der Waals surface area contributed by atoms with Gasteiger partial charge in [-0.05, 0) is 25.0 Å². The molecule has 2 nitrogen and oxygen atoms in total. The Morgan fingerprint density at radius 2 is 2.00 bits per heavy atom. The normalized spacial score (nSPS) is 17.1. The van der Waals surface area contributed by atoms with E-state index in [0.29, 0.717) is 0 Å². The maximum atomic E-state index is 5.61. The zero-order valence-electron chi connectivity index (χ0n) is 7.29. The van der Waals surface area contributed by atoms with Crippen LogP contribution in [0.3, 0.4) is 0 Å². The summed E-state index contributed by atoms with van der Waals surface area (Å²) in [5, 5.41) is 1.99. The Morgan fingerprint density at radius 3 is 2.58 bits per heavy atom. The molecule has 2 rings (SSSR count). The number of para-hydroxylation sites is 1. The lowest BCUT2D eigenvalue weighted by molar-refractivity contribution is -0.107. The van der Waals surface area contributed by atoms with Gasteiger partial charge in [-0.25, -0.2) is 0 Å². The molecule has 0 spiro atoms. The largest absolute Gasteiger partial charge is 0.406 e. The van der Waals surface area contributed by atoms with Gasteiger partial charge in [-0.2, -0.15) is 0 Å². The smallest absolute Gasteiger partial charge is 0.150 e. The summed E-state index contributed by atoms with van der Waals surface area (Å²) in [4.78, 5) is 5.61. The van der Waals surface area contributed by atoms with Crippen molar-refractivity contribution in [1.82, 2.24) is 5.06 Å². The molecule has 0 radical (unpaired) electrons. The van der Waals surface area contributed by atoms with Crippen LogP contribution in [-0.2, 0) is 0 Å². The zero-order valence-corrected chi connectivity index (χ0v) is 7.29. The first-order valence-electron chi connectivity index (χ1n) is 4.35. The number of hydroxylamine groups is 2. The molecule has 1 saturated heterocycles. The molecule has 0 aromatic heterocycles. The van der Waals surface area contributed by atoms with Crippen molar-refractivity contribution in [3.63, 3.8) is 0 Å². The fraction of sp³-hybridized carbons (Fsp3) is 0.400. The van der Waals surface area contributed by atoms with E-state index in [4.69, 9.17) is 4.84 Å². The second-order valence-electron chi connectivity index (χ2n) is 3.14. The van der Waals surface area contributed by atoms with Crippen LogP contribution in [0.4, 0.5) is 0 Å². The van der Waals surface area contributed by atoms with Crippen molar-refractivity contribution in [3.05, 3.63) is 29.8 Å². The molecule has 1 aromatic carbocycles. The Labute approximate surface area is 72.7 Å². The van der Waals surface area contributed by atoms with Crippen molar-refractivity contribution in [3.8, 4) is 5.75 Å². The summed E-state index contributed by atoms with van der Waals surface area (Å²) in [6, 6.07) is 8.10. The SMILES string of the molecule is Cc1ccccc1ON1CCC1. The molecule has 1 aliphatic rings. The van der Waals surface area contributed by atoms with E-state index in [2.05, 4.69) is 13.0 Å². The first-order chi connectivity index (χ1) is 5.86. The summed E-state index contributed by atoms with van der Waals surface area (Å²) in [6.45, 7) is 4.19. The minimum atomic E-state index is 0.984. The molecule has 0 saturated carbocycles. The summed E-state index contributed by atoms with van der Waals surface area (Å²) in [5.41, 5.74) is 1.20. The van der Waals surface area contributed by atoms with Crippen LogP contribution in [0.15, 0.2) is 24.3 Å². The third-order valence-electron chi connectivity index (χ3n) is 2.14. The van der Waals surface area contributed by atoms with E-state index in [1.807, 2.05) is 23.3 Å². The average molecular weight is 163 g/mol. The van der Waals surface area contributed by atoms with Gasteiger partial charge in [0.2, 0.25) is 0 Å². The van der Waals surface area contributed by atoms with Crippen LogP contribution < -0.4 is 4.84 Å². The molecule has 1 fully saturated rings. The maximum Gasteiger partial charge on any atom is 0.150 e. The third-order valence-corrected chi connectivity index (χ3v) is 2.14. The molecular weight excluding hydrogens is 150 g/mol. The van der Waals surface area contributed by atoms with Crippen molar-refractivity contribution in [2.45, 2.75) is 13.3 Å². The van der Waals surface area contributed by atoms with Crippen molar-refractivity contribution in [2.75, 3.05) is 13.1 Å². The highest BCUT2D eigenvalue weighted by atomic mass is 16.7. The molecule has 0 bridgehead atoms. The molecule has 0 aliphatic carbocycles. The van der Waals surface area contributed by atoms with Crippen LogP contribution in [0.2, 0.25) is 0 Å². The van der Waals surface area contributed by atoms with Gasteiger partial charge in [0.25, 0.3) is 0 Å². The highest BCUT2D eigenvalue weighted by Crippen LogP contribution is 2.19. The summed E-state index contributed by atoms with van der Waals surface area (Å²) in [5.74, 6) is 0.984. The van der Waals surface area contributed by atoms with Crippen molar-refractivity contribution < 1.29 is 4.84 Å². The van der Waals surface area contributed by atoms with Crippen LogP contribution in [0, 0.1) is 6.92 Å². The topological polar surface area (TPSA) is 12.5 Å². The number of aryl methyl sites for hydroxylation is 1. The molecular formula is C10H13NO.